The summed E-state index contributed by atoms with van der Waals surface area (Å²) >= 11 is 5.74. The number of benzene rings is 2. The maximum absolute atomic E-state index is 14.1. The molecule has 6 nitrogen and oxygen atoms in total. The van der Waals surface area contributed by atoms with Crippen LogP contribution in [0.25, 0.3) is 22.4 Å². The van der Waals surface area contributed by atoms with Crippen molar-refractivity contribution in [3.8, 4) is 11.5 Å². The first-order valence-electron chi connectivity index (χ1n) is 7.59. The number of nitrogens with one attached hydrogen (secondary N) is 1. The molecule has 0 radical (unpaired) electrons. The van der Waals surface area contributed by atoms with Crippen LogP contribution >= 0.6 is 11.6 Å². The van der Waals surface area contributed by atoms with E-state index in [1.807, 2.05) is 0 Å². The van der Waals surface area contributed by atoms with Gasteiger partial charge in [-0.25, -0.2) is 9.49 Å². The van der Waals surface area contributed by atoms with E-state index in [9.17, 15) is 17.6 Å². The highest BCUT2D eigenvalue weighted by Gasteiger charge is 2.31. The highest BCUT2D eigenvalue weighted by Crippen LogP contribution is 2.34. The van der Waals surface area contributed by atoms with E-state index < -0.39 is 17.6 Å². The molecule has 0 unspecified atom stereocenters. The number of halogens is 5. The molecule has 0 spiro atoms. The standard InChI is InChI=1S/C16H9ClF4N6/c17-10-3-1-8(12(18)6-10)7-27-13-5-9(16(19,20)21)2-4-11(13)14(24-27)15-22-25-26-23-15/h1-6H,7H2,(H,22,23,25,26). The van der Waals surface area contributed by atoms with E-state index in [0.29, 0.717) is 5.39 Å². The van der Waals surface area contributed by atoms with E-state index >= 15 is 0 Å². The summed E-state index contributed by atoms with van der Waals surface area (Å²) < 4.78 is 54.8. The van der Waals surface area contributed by atoms with Crippen LogP contribution in [-0.2, 0) is 12.7 Å². The summed E-state index contributed by atoms with van der Waals surface area (Å²) in [4.78, 5) is 0. The van der Waals surface area contributed by atoms with Gasteiger partial charge in [0.15, 0.2) is 0 Å². The molecule has 0 aliphatic rings. The Morgan fingerprint density at radius 2 is 1.93 bits per heavy atom. The predicted octanol–water partition coefficient (Wildman–Crippen LogP) is 4.08. The number of hydrogen-bond donors (Lipinski definition) is 1. The number of hydrogen-bond acceptors (Lipinski definition) is 4. The van der Waals surface area contributed by atoms with Crippen LogP contribution in [0.4, 0.5) is 17.6 Å². The Kier molecular flexibility index (Phi) is 4.06. The van der Waals surface area contributed by atoms with E-state index in [2.05, 4.69) is 25.7 Å². The van der Waals surface area contributed by atoms with Gasteiger partial charge in [0.05, 0.1) is 17.6 Å². The van der Waals surface area contributed by atoms with Crippen LogP contribution < -0.4 is 0 Å². The van der Waals surface area contributed by atoms with Crippen molar-refractivity contribution in [1.82, 2.24) is 30.4 Å². The van der Waals surface area contributed by atoms with Gasteiger partial charge in [-0.1, -0.05) is 17.7 Å². The lowest BCUT2D eigenvalue weighted by molar-refractivity contribution is -0.137. The third kappa shape index (κ3) is 3.23. The van der Waals surface area contributed by atoms with Crippen molar-refractivity contribution in [1.29, 1.82) is 0 Å². The van der Waals surface area contributed by atoms with Gasteiger partial charge in [-0.3, -0.25) is 4.68 Å². The predicted molar refractivity (Wildman–Crippen MR) is 88.4 cm³/mol. The van der Waals surface area contributed by atoms with Gasteiger partial charge in [-0.15, -0.1) is 5.10 Å². The van der Waals surface area contributed by atoms with Crippen LogP contribution in [-0.4, -0.2) is 30.4 Å². The maximum atomic E-state index is 14.1. The molecule has 138 valence electrons. The molecule has 1 N–H and O–H groups in total. The smallest absolute Gasteiger partial charge is 0.260 e. The number of nitrogens with zero attached hydrogens (tertiary/aromatic N) is 5. The number of rotatable bonds is 3. The average Bonchev–Trinajstić information content (AvgIpc) is 3.24. The van der Waals surface area contributed by atoms with Crippen molar-refractivity contribution in [2.24, 2.45) is 0 Å². The van der Waals surface area contributed by atoms with Gasteiger partial charge in [0.25, 0.3) is 0 Å². The molecule has 0 saturated heterocycles. The van der Waals surface area contributed by atoms with Crippen LogP contribution in [0.15, 0.2) is 36.4 Å². The first kappa shape index (κ1) is 17.4. The number of fused-ring (bicyclic) bond motifs is 1. The van der Waals surface area contributed by atoms with Crippen molar-refractivity contribution < 1.29 is 17.6 Å². The highest BCUT2D eigenvalue weighted by atomic mass is 35.5. The van der Waals surface area contributed by atoms with Crippen molar-refractivity contribution >= 4 is 22.5 Å². The molecule has 4 rings (SSSR count). The van der Waals surface area contributed by atoms with E-state index in [0.717, 1.165) is 18.2 Å². The van der Waals surface area contributed by atoms with Gasteiger partial charge in [-0.05, 0) is 40.8 Å². The molecular weight excluding hydrogens is 388 g/mol. The van der Waals surface area contributed by atoms with Crippen LogP contribution in [0.2, 0.25) is 5.02 Å². The molecule has 0 aliphatic heterocycles. The molecule has 11 heteroatoms. The largest absolute Gasteiger partial charge is 0.416 e. The number of alkyl halides is 3. The Morgan fingerprint density at radius 3 is 2.59 bits per heavy atom. The Morgan fingerprint density at radius 1 is 1.11 bits per heavy atom. The summed E-state index contributed by atoms with van der Waals surface area (Å²) in [5.41, 5.74) is -0.179. The van der Waals surface area contributed by atoms with Gasteiger partial charge >= 0.3 is 6.18 Å². The lowest BCUT2D eigenvalue weighted by atomic mass is 10.1. The SMILES string of the molecule is Fc1cc(Cl)ccc1Cn1nc(-c2nnn[nH]2)c2ccc(C(F)(F)F)cc21. The summed E-state index contributed by atoms with van der Waals surface area (Å²) in [7, 11) is 0. The molecule has 0 amide bonds. The van der Waals surface area contributed by atoms with Crippen LogP contribution in [0.5, 0.6) is 0 Å². The third-order valence-corrected chi connectivity index (χ3v) is 4.22. The molecule has 2 aromatic heterocycles. The summed E-state index contributed by atoms with van der Waals surface area (Å²) in [5.74, 6) is -0.393. The number of aromatic amines is 1. The molecule has 0 fully saturated rings. The van der Waals surface area contributed by atoms with Gasteiger partial charge < -0.3 is 0 Å². The van der Waals surface area contributed by atoms with Crippen molar-refractivity contribution in [3.63, 3.8) is 0 Å². The molecule has 27 heavy (non-hydrogen) atoms. The molecule has 2 heterocycles. The van der Waals surface area contributed by atoms with Gasteiger partial charge in [0.1, 0.15) is 11.5 Å². The van der Waals surface area contributed by atoms with Crippen LogP contribution in [0.1, 0.15) is 11.1 Å². The van der Waals surface area contributed by atoms with Crippen molar-refractivity contribution in [2.45, 2.75) is 12.7 Å². The topological polar surface area (TPSA) is 72.3 Å². The quantitative estimate of drug-likeness (QED) is 0.530. The zero-order valence-electron chi connectivity index (χ0n) is 13.3. The summed E-state index contributed by atoms with van der Waals surface area (Å²) in [5, 5.41) is 18.1. The lowest BCUT2D eigenvalue weighted by Gasteiger charge is -2.09. The summed E-state index contributed by atoms with van der Waals surface area (Å²) in [6.07, 6.45) is -4.53. The first-order chi connectivity index (χ1) is 12.8. The first-order valence-corrected chi connectivity index (χ1v) is 7.96. The lowest BCUT2D eigenvalue weighted by Crippen LogP contribution is -2.07. The second-order valence-corrected chi connectivity index (χ2v) is 6.16. The van der Waals surface area contributed by atoms with E-state index in [1.165, 1.54) is 22.9 Å². The normalized spacial score (nSPS) is 12.0. The Labute approximate surface area is 153 Å². The fourth-order valence-electron chi connectivity index (χ4n) is 2.72. The van der Waals surface area contributed by atoms with Crippen LogP contribution in [0, 0.1) is 5.82 Å². The minimum atomic E-state index is -4.53. The Bertz CT molecular complexity index is 1120. The fraction of sp³-hybridized carbons (Fsp3) is 0.125. The van der Waals surface area contributed by atoms with Gasteiger partial charge in [0.2, 0.25) is 5.82 Å². The van der Waals surface area contributed by atoms with Crippen LogP contribution in [0.3, 0.4) is 0 Å². The molecule has 0 aliphatic carbocycles. The zero-order chi connectivity index (χ0) is 19.2. The summed E-state index contributed by atoms with van der Waals surface area (Å²) in [6.45, 7) is -0.0949. The second kappa shape index (κ2) is 6.31. The Balaban J connectivity index is 1.89. The molecule has 0 bridgehead atoms. The van der Waals surface area contributed by atoms with Crippen molar-refractivity contribution in [3.05, 3.63) is 58.4 Å². The second-order valence-electron chi connectivity index (χ2n) is 5.72. The van der Waals surface area contributed by atoms with E-state index in [-0.39, 0.29) is 34.2 Å². The molecule has 4 aromatic rings. The minimum Gasteiger partial charge on any atom is -0.260 e. The van der Waals surface area contributed by atoms with Gasteiger partial charge in [-0.2, -0.15) is 18.3 Å². The molecule has 0 saturated carbocycles. The number of aromatic nitrogens is 6. The summed E-state index contributed by atoms with van der Waals surface area (Å²) in [6, 6.07) is 7.28. The number of tetrazole rings is 1. The Hall–Kier alpha value is -3.01. The molecule has 2 aromatic carbocycles. The zero-order valence-corrected chi connectivity index (χ0v) is 14.1. The van der Waals surface area contributed by atoms with E-state index in [1.54, 1.807) is 0 Å². The van der Waals surface area contributed by atoms with E-state index in [4.69, 9.17) is 11.6 Å². The highest BCUT2D eigenvalue weighted by molar-refractivity contribution is 6.30. The fourth-order valence-corrected chi connectivity index (χ4v) is 2.88. The molecular formula is C16H9ClF4N6. The van der Waals surface area contributed by atoms with Crippen molar-refractivity contribution in [2.75, 3.05) is 0 Å². The minimum absolute atomic E-state index is 0.0949. The molecule has 0 atom stereocenters. The average molecular weight is 397 g/mol. The third-order valence-electron chi connectivity index (χ3n) is 3.98. The number of H-pyrrole nitrogens is 1. The monoisotopic (exact) mass is 396 g/mol. The maximum Gasteiger partial charge on any atom is 0.416 e. The van der Waals surface area contributed by atoms with Gasteiger partial charge in [0, 0.05) is 16.0 Å².